The van der Waals surface area contributed by atoms with E-state index in [2.05, 4.69) is 10.7 Å². The molecule has 19 heavy (non-hydrogen) atoms. The lowest BCUT2D eigenvalue weighted by molar-refractivity contribution is -0.124. The summed E-state index contributed by atoms with van der Waals surface area (Å²) in [7, 11) is 0. The first-order valence-electron chi connectivity index (χ1n) is 5.98. The lowest BCUT2D eigenvalue weighted by Crippen LogP contribution is -2.38. The standard InChI is InChI=1S/C13H19N3O2S/c1-8(13(18)16-14)9(2)19-12-6-4-11(5-7-12)15-10(3)17/h4-9H,14H2,1-3H3,(H,15,17)(H,16,18). The molecule has 0 aliphatic heterocycles. The summed E-state index contributed by atoms with van der Waals surface area (Å²) in [6.45, 7) is 5.29. The fourth-order valence-electron chi connectivity index (χ4n) is 1.48. The van der Waals surface area contributed by atoms with Crippen LogP contribution in [0.1, 0.15) is 20.8 Å². The zero-order valence-electron chi connectivity index (χ0n) is 11.3. The highest BCUT2D eigenvalue weighted by Gasteiger charge is 2.20. The fraction of sp³-hybridized carbons (Fsp3) is 0.385. The largest absolute Gasteiger partial charge is 0.326 e. The van der Waals surface area contributed by atoms with Crippen LogP contribution in [0.15, 0.2) is 29.2 Å². The van der Waals surface area contributed by atoms with Crippen molar-refractivity contribution < 1.29 is 9.59 Å². The van der Waals surface area contributed by atoms with Gasteiger partial charge in [0.05, 0.1) is 0 Å². The molecule has 0 radical (unpaired) electrons. The van der Waals surface area contributed by atoms with Gasteiger partial charge in [-0.25, -0.2) is 5.84 Å². The maximum absolute atomic E-state index is 11.4. The highest BCUT2D eigenvalue weighted by molar-refractivity contribution is 8.00. The quantitative estimate of drug-likeness (QED) is 0.332. The highest BCUT2D eigenvalue weighted by Crippen LogP contribution is 2.28. The van der Waals surface area contributed by atoms with Gasteiger partial charge in [-0.1, -0.05) is 13.8 Å². The second-order valence-electron chi connectivity index (χ2n) is 4.33. The molecule has 0 aromatic heterocycles. The van der Waals surface area contributed by atoms with Crippen molar-refractivity contribution in [2.75, 3.05) is 5.32 Å². The van der Waals surface area contributed by atoms with E-state index >= 15 is 0 Å². The second-order valence-corrected chi connectivity index (χ2v) is 5.78. The minimum Gasteiger partial charge on any atom is -0.326 e. The van der Waals surface area contributed by atoms with Crippen molar-refractivity contribution in [1.82, 2.24) is 5.43 Å². The van der Waals surface area contributed by atoms with Gasteiger partial charge in [0.2, 0.25) is 11.8 Å². The molecule has 6 heteroatoms. The molecule has 2 atom stereocenters. The molecule has 4 N–H and O–H groups in total. The number of benzene rings is 1. The third kappa shape index (κ3) is 4.92. The maximum atomic E-state index is 11.4. The molecule has 2 unspecified atom stereocenters. The molecule has 1 aromatic carbocycles. The van der Waals surface area contributed by atoms with Gasteiger partial charge in [0.1, 0.15) is 0 Å². The molecule has 0 saturated heterocycles. The number of hydrogen-bond donors (Lipinski definition) is 3. The lowest BCUT2D eigenvalue weighted by Gasteiger charge is -2.17. The number of thioether (sulfide) groups is 1. The van der Waals surface area contributed by atoms with Gasteiger partial charge < -0.3 is 5.32 Å². The van der Waals surface area contributed by atoms with Gasteiger partial charge in [-0.3, -0.25) is 15.0 Å². The second kappa shape index (κ2) is 7.16. The van der Waals surface area contributed by atoms with Crippen LogP contribution in [0.25, 0.3) is 0 Å². The van der Waals surface area contributed by atoms with E-state index in [1.54, 1.807) is 11.8 Å². The van der Waals surface area contributed by atoms with Gasteiger partial charge in [0, 0.05) is 28.7 Å². The number of rotatable bonds is 5. The van der Waals surface area contributed by atoms with Crippen molar-refractivity contribution >= 4 is 29.3 Å². The number of anilines is 1. The summed E-state index contributed by atoms with van der Waals surface area (Å²) >= 11 is 1.59. The Balaban J connectivity index is 2.62. The van der Waals surface area contributed by atoms with Gasteiger partial charge in [0.25, 0.3) is 0 Å². The van der Waals surface area contributed by atoms with Crippen molar-refractivity contribution in [3.8, 4) is 0 Å². The summed E-state index contributed by atoms with van der Waals surface area (Å²) in [5.74, 6) is 4.68. The Morgan fingerprint density at radius 2 is 1.79 bits per heavy atom. The van der Waals surface area contributed by atoms with Gasteiger partial charge in [-0.15, -0.1) is 11.8 Å². The number of carbonyl (C=O) groups excluding carboxylic acids is 2. The van der Waals surface area contributed by atoms with Crippen LogP contribution in [0.3, 0.4) is 0 Å². The Labute approximate surface area is 117 Å². The third-order valence-electron chi connectivity index (χ3n) is 2.76. The van der Waals surface area contributed by atoms with Gasteiger partial charge in [-0.2, -0.15) is 0 Å². The van der Waals surface area contributed by atoms with E-state index in [-0.39, 0.29) is 23.0 Å². The number of carbonyl (C=O) groups is 2. The zero-order chi connectivity index (χ0) is 14.4. The molecule has 104 valence electrons. The monoisotopic (exact) mass is 281 g/mol. The Bertz CT molecular complexity index is 448. The highest BCUT2D eigenvalue weighted by atomic mass is 32.2. The number of hydrogen-bond acceptors (Lipinski definition) is 4. The SMILES string of the molecule is CC(=O)Nc1ccc(SC(C)C(C)C(=O)NN)cc1. The van der Waals surface area contributed by atoms with Gasteiger partial charge >= 0.3 is 0 Å². The Hall–Kier alpha value is -1.53. The minimum atomic E-state index is -0.176. The van der Waals surface area contributed by atoms with Crippen LogP contribution < -0.4 is 16.6 Å². The predicted octanol–water partition coefficient (Wildman–Crippen LogP) is 1.75. The van der Waals surface area contributed by atoms with E-state index in [4.69, 9.17) is 5.84 Å². The smallest absolute Gasteiger partial charge is 0.237 e. The van der Waals surface area contributed by atoms with E-state index < -0.39 is 0 Å². The molecule has 0 heterocycles. The van der Waals surface area contributed by atoms with Crippen molar-refractivity contribution in [3.63, 3.8) is 0 Å². The fourth-order valence-corrected chi connectivity index (χ4v) is 2.53. The molecule has 2 amide bonds. The van der Waals surface area contributed by atoms with E-state index in [1.807, 2.05) is 38.1 Å². The van der Waals surface area contributed by atoms with Crippen LogP contribution in [0, 0.1) is 5.92 Å². The van der Waals surface area contributed by atoms with E-state index in [0.717, 1.165) is 10.6 Å². The Morgan fingerprint density at radius 1 is 1.21 bits per heavy atom. The maximum Gasteiger partial charge on any atom is 0.237 e. The van der Waals surface area contributed by atoms with Crippen LogP contribution in [0.2, 0.25) is 0 Å². The summed E-state index contributed by atoms with van der Waals surface area (Å²) in [6.07, 6.45) is 0. The molecule has 5 nitrogen and oxygen atoms in total. The summed E-state index contributed by atoms with van der Waals surface area (Å²) in [6, 6.07) is 7.51. The number of amides is 2. The molecule has 0 aliphatic carbocycles. The zero-order valence-corrected chi connectivity index (χ0v) is 12.1. The van der Waals surface area contributed by atoms with Crippen LogP contribution in [0.4, 0.5) is 5.69 Å². The van der Waals surface area contributed by atoms with Crippen molar-refractivity contribution in [1.29, 1.82) is 0 Å². The van der Waals surface area contributed by atoms with E-state index in [0.29, 0.717) is 0 Å². The average molecular weight is 281 g/mol. The van der Waals surface area contributed by atoms with E-state index in [1.165, 1.54) is 6.92 Å². The molecule has 0 saturated carbocycles. The predicted molar refractivity (Wildman–Crippen MR) is 77.6 cm³/mol. The number of hydrazine groups is 1. The topological polar surface area (TPSA) is 84.2 Å². The normalized spacial score (nSPS) is 13.5. The first-order chi connectivity index (χ1) is 8.93. The van der Waals surface area contributed by atoms with Crippen molar-refractivity contribution in [3.05, 3.63) is 24.3 Å². The summed E-state index contributed by atoms with van der Waals surface area (Å²) < 4.78 is 0. The lowest BCUT2D eigenvalue weighted by atomic mass is 10.1. The van der Waals surface area contributed by atoms with Gasteiger partial charge in [0.15, 0.2) is 0 Å². The molecule has 0 aliphatic rings. The molecular formula is C13H19N3O2S. The van der Waals surface area contributed by atoms with Crippen LogP contribution in [0.5, 0.6) is 0 Å². The first-order valence-corrected chi connectivity index (χ1v) is 6.86. The van der Waals surface area contributed by atoms with Crippen LogP contribution >= 0.6 is 11.8 Å². The average Bonchev–Trinajstić information content (AvgIpc) is 2.38. The molecule has 0 bridgehead atoms. The Kier molecular flexibility index (Phi) is 5.85. The summed E-state index contributed by atoms with van der Waals surface area (Å²) in [5.41, 5.74) is 2.92. The molecule has 0 spiro atoms. The van der Waals surface area contributed by atoms with Crippen molar-refractivity contribution in [2.24, 2.45) is 11.8 Å². The third-order valence-corrected chi connectivity index (χ3v) is 4.08. The van der Waals surface area contributed by atoms with Crippen molar-refractivity contribution in [2.45, 2.75) is 30.9 Å². The first kappa shape index (κ1) is 15.5. The molecule has 1 rings (SSSR count). The van der Waals surface area contributed by atoms with Crippen LogP contribution in [-0.4, -0.2) is 17.1 Å². The minimum absolute atomic E-state index is 0.0954. The Morgan fingerprint density at radius 3 is 2.26 bits per heavy atom. The molecule has 1 aromatic rings. The van der Waals surface area contributed by atoms with Crippen LogP contribution in [-0.2, 0) is 9.59 Å². The molecule has 0 fully saturated rings. The number of nitrogens with two attached hydrogens (primary N) is 1. The van der Waals surface area contributed by atoms with E-state index in [9.17, 15) is 9.59 Å². The number of nitrogens with one attached hydrogen (secondary N) is 2. The summed E-state index contributed by atoms with van der Waals surface area (Å²) in [5, 5.41) is 2.81. The molecular weight excluding hydrogens is 262 g/mol. The van der Waals surface area contributed by atoms with Gasteiger partial charge in [-0.05, 0) is 24.3 Å². The summed E-state index contributed by atoms with van der Waals surface area (Å²) in [4.78, 5) is 23.4.